The van der Waals surface area contributed by atoms with Crippen LogP contribution in [0.2, 0.25) is 0 Å². The van der Waals surface area contributed by atoms with Gasteiger partial charge in [0.05, 0.1) is 13.2 Å². The maximum atomic E-state index is 11.0. The highest BCUT2D eigenvalue weighted by atomic mass is 16.5. The summed E-state index contributed by atoms with van der Waals surface area (Å²) in [4.78, 5) is 11.0. The van der Waals surface area contributed by atoms with Gasteiger partial charge in [0.1, 0.15) is 0 Å². The van der Waals surface area contributed by atoms with E-state index in [-0.39, 0.29) is 11.7 Å². The van der Waals surface area contributed by atoms with E-state index in [2.05, 4.69) is 5.10 Å². The number of hydrogen-bond donors (Lipinski definition) is 1. The Balaban J connectivity index is 1.95. The molecular weight excluding hydrogens is 220 g/mol. The molecule has 17 heavy (non-hydrogen) atoms. The minimum atomic E-state index is -0.951. The van der Waals surface area contributed by atoms with Crippen molar-refractivity contribution in [3.8, 4) is 0 Å². The molecule has 5 nitrogen and oxygen atoms in total. The van der Waals surface area contributed by atoms with Gasteiger partial charge in [-0.25, -0.2) is 4.79 Å². The number of nitrogens with zero attached hydrogens (tertiary/aromatic N) is 2. The Bertz CT molecular complexity index is 456. The first-order valence-electron chi connectivity index (χ1n) is 6.00. The summed E-state index contributed by atoms with van der Waals surface area (Å²) >= 11 is 0. The van der Waals surface area contributed by atoms with E-state index in [0.29, 0.717) is 17.8 Å². The molecule has 0 bridgehead atoms. The summed E-state index contributed by atoms with van der Waals surface area (Å²) in [7, 11) is 0. The molecule has 1 N–H and O–H groups in total. The third-order valence-corrected chi connectivity index (χ3v) is 3.77. The summed E-state index contributed by atoms with van der Waals surface area (Å²) in [6, 6.07) is 1.92. The van der Waals surface area contributed by atoms with Crippen molar-refractivity contribution < 1.29 is 14.6 Å². The Morgan fingerprint density at radius 2 is 2.18 bits per heavy atom. The normalized spacial score (nSPS) is 30.6. The smallest absolute Gasteiger partial charge is 0.356 e. The lowest BCUT2D eigenvalue weighted by molar-refractivity contribution is 0.0689. The van der Waals surface area contributed by atoms with E-state index in [9.17, 15) is 4.79 Å². The molecule has 1 aromatic rings. The largest absolute Gasteiger partial charge is 0.476 e. The first kappa shape index (κ1) is 10.8. The van der Waals surface area contributed by atoms with Gasteiger partial charge in [0.25, 0.3) is 0 Å². The van der Waals surface area contributed by atoms with Gasteiger partial charge in [-0.3, -0.25) is 4.68 Å². The number of fused-ring (bicyclic) bond motifs is 1. The Hall–Kier alpha value is -1.36. The first-order valence-corrected chi connectivity index (χ1v) is 6.00. The lowest BCUT2D eigenvalue weighted by Crippen LogP contribution is -2.10. The van der Waals surface area contributed by atoms with E-state index in [0.717, 1.165) is 18.9 Å². The van der Waals surface area contributed by atoms with Gasteiger partial charge in [0, 0.05) is 17.7 Å². The SMILES string of the molecule is CC(C)n1nc(C(=O)O)cc1[C@@H]1[C@@H]2COC[C@@H]21. The number of ether oxygens (including phenoxy) is 1. The lowest BCUT2D eigenvalue weighted by Gasteiger charge is -2.11. The number of carbonyl (C=O) groups is 1. The molecule has 2 heterocycles. The minimum Gasteiger partial charge on any atom is -0.476 e. The van der Waals surface area contributed by atoms with E-state index in [1.807, 2.05) is 18.5 Å². The molecule has 1 aliphatic heterocycles. The van der Waals surface area contributed by atoms with Crippen LogP contribution in [-0.4, -0.2) is 34.1 Å². The number of hydrogen-bond acceptors (Lipinski definition) is 3. The summed E-state index contributed by atoms with van der Waals surface area (Å²) in [5.41, 5.74) is 1.22. The van der Waals surface area contributed by atoms with Gasteiger partial charge in [-0.2, -0.15) is 5.10 Å². The number of carboxylic acids is 1. The second-order valence-corrected chi connectivity index (χ2v) is 5.19. The van der Waals surface area contributed by atoms with Crippen molar-refractivity contribution in [2.24, 2.45) is 11.8 Å². The summed E-state index contributed by atoms with van der Waals surface area (Å²) < 4.78 is 7.22. The van der Waals surface area contributed by atoms with E-state index >= 15 is 0 Å². The Morgan fingerprint density at radius 1 is 1.53 bits per heavy atom. The van der Waals surface area contributed by atoms with Gasteiger partial charge in [-0.05, 0) is 31.7 Å². The lowest BCUT2D eigenvalue weighted by atomic mass is 10.2. The fraction of sp³-hybridized carbons (Fsp3) is 0.667. The molecule has 3 rings (SSSR count). The van der Waals surface area contributed by atoms with E-state index < -0.39 is 5.97 Å². The molecule has 92 valence electrons. The fourth-order valence-corrected chi connectivity index (χ4v) is 2.85. The fourth-order valence-electron chi connectivity index (χ4n) is 2.85. The second kappa shape index (κ2) is 3.57. The quantitative estimate of drug-likeness (QED) is 0.864. The van der Waals surface area contributed by atoms with Crippen LogP contribution in [0.3, 0.4) is 0 Å². The Morgan fingerprint density at radius 3 is 2.71 bits per heavy atom. The summed E-state index contributed by atoms with van der Waals surface area (Å²) in [6.07, 6.45) is 0. The molecule has 2 fully saturated rings. The Labute approximate surface area is 99.4 Å². The molecule has 0 spiro atoms. The van der Waals surface area contributed by atoms with Gasteiger partial charge in [0.15, 0.2) is 5.69 Å². The van der Waals surface area contributed by atoms with Gasteiger partial charge >= 0.3 is 5.97 Å². The number of aromatic nitrogens is 2. The van der Waals surface area contributed by atoms with E-state index in [4.69, 9.17) is 9.84 Å². The molecule has 0 radical (unpaired) electrons. The van der Waals surface area contributed by atoms with Crippen LogP contribution in [0.4, 0.5) is 0 Å². The van der Waals surface area contributed by atoms with E-state index in [1.54, 1.807) is 6.07 Å². The van der Waals surface area contributed by atoms with Crippen LogP contribution in [0.15, 0.2) is 6.07 Å². The number of carboxylic acid groups (broad SMARTS) is 1. The molecule has 1 aromatic heterocycles. The van der Waals surface area contributed by atoms with Gasteiger partial charge in [-0.1, -0.05) is 0 Å². The highest BCUT2D eigenvalue weighted by molar-refractivity contribution is 5.85. The molecule has 3 atom stereocenters. The zero-order valence-electron chi connectivity index (χ0n) is 9.96. The maximum Gasteiger partial charge on any atom is 0.356 e. The van der Waals surface area contributed by atoms with Gasteiger partial charge in [-0.15, -0.1) is 0 Å². The average molecular weight is 236 g/mol. The monoisotopic (exact) mass is 236 g/mol. The molecule has 0 aromatic carbocycles. The highest BCUT2D eigenvalue weighted by Gasteiger charge is 2.56. The van der Waals surface area contributed by atoms with Gasteiger partial charge in [0.2, 0.25) is 0 Å². The van der Waals surface area contributed by atoms with Gasteiger partial charge < -0.3 is 9.84 Å². The Kier molecular flexibility index (Phi) is 2.26. The van der Waals surface area contributed by atoms with Crippen molar-refractivity contribution in [2.75, 3.05) is 13.2 Å². The summed E-state index contributed by atoms with van der Waals surface area (Å²) in [5.74, 6) is 0.649. The summed E-state index contributed by atoms with van der Waals surface area (Å²) in [5, 5.41) is 13.2. The van der Waals surface area contributed by atoms with Crippen LogP contribution in [0.1, 0.15) is 42.0 Å². The molecule has 0 unspecified atom stereocenters. The third kappa shape index (κ3) is 1.57. The standard InChI is InChI=1S/C12H16N2O3/c1-6(2)14-10(3-9(13-14)12(15)16)11-7-4-17-5-8(7)11/h3,6-8,11H,4-5H2,1-2H3,(H,15,16)/t7-,8+,11-. The van der Waals surface area contributed by atoms with E-state index in [1.165, 1.54) is 0 Å². The third-order valence-electron chi connectivity index (χ3n) is 3.77. The highest BCUT2D eigenvalue weighted by Crippen LogP contribution is 2.57. The van der Waals surface area contributed by atoms with Crippen LogP contribution in [0.5, 0.6) is 0 Å². The molecule has 1 saturated carbocycles. The van der Waals surface area contributed by atoms with Crippen molar-refractivity contribution in [1.29, 1.82) is 0 Å². The molecule has 0 amide bonds. The van der Waals surface area contributed by atoms with Crippen LogP contribution >= 0.6 is 0 Å². The molecule has 2 aliphatic rings. The zero-order valence-corrected chi connectivity index (χ0v) is 9.96. The second-order valence-electron chi connectivity index (χ2n) is 5.19. The number of aromatic carboxylic acids is 1. The van der Waals surface area contributed by atoms with Crippen molar-refractivity contribution >= 4 is 5.97 Å². The predicted octanol–water partition coefficient (Wildman–Crippen LogP) is 1.52. The van der Waals surface area contributed by atoms with Crippen LogP contribution in [0.25, 0.3) is 0 Å². The molecule has 5 heteroatoms. The van der Waals surface area contributed by atoms with Crippen LogP contribution < -0.4 is 0 Å². The molecule has 1 aliphatic carbocycles. The van der Waals surface area contributed by atoms with Crippen molar-refractivity contribution in [3.05, 3.63) is 17.5 Å². The average Bonchev–Trinajstić information content (AvgIpc) is 2.73. The minimum absolute atomic E-state index is 0.152. The number of rotatable bonds is 3. The van der Waals surface area contributed by atoms with Crippen molar-refractivity contribution in [1.82, 2.24) is 9.78 Å². The maximum absolute atomic E-state index is 11.0. The predicted molar refractivity (Wildman–Crippen MR) is 60.1 cm³/mol. The van der Waals surface area contributed by atoms with Crippen molar-refractivity contribution in [2.45, 2.75) is 25.8 Å². The topological polar surface area (TPSA) is 64.4 Å². The molecular formula is C12H16N2O3. The molecule has 1 saturated heterocycles. The first-order chi connectivity index (χ1) is 8.09. The van der Waals surface area contributed by atoms with Crippen LogP contribution in [0, 0.1) is 11.8 Å². The van der Waals surface area contributed by atoms with Crippen LogP contribution in [-0.2, 0) is 4.74 Å². The van der Waals surface area contributed by atoms with Crippen molar-refractivity contribution in [3.63, 3.8) is 0 Å². The summed E-state index contributed by atoms with van der Waals surface area (Å²) in [6.45, 7) is 5.66. The zero-order chi connectivity index (χ0) is 12.2.